The van der Waals surface area contributed by atoms with E-state index in [1.165, 1.54) is 27.4 Å². The predicted octanol–water partition coefficient (Wildman–Crippen LogP) is 4.27. The summed E-state index contributed by atoms with van der Waals surface area (Å²) in [6, 6.07) is 15.6. The van der Waals surface area contributed by atoms with Crippen molar-refractivity contribution in [2.24, 2.45) is 0 Å². The Hall–Kier alpha value is -1.45. The molecule has 0 saturated heterocycles. The van der Waals surface area contributed by atoms with Gasteiger partial charge in [0.2, 0.25) is 0 Å². The lowest BCUT2D eigenvalue weighted by Crippen LogP contribution is -2.16. The molecular weight excluding hydrogens is 276 g/mol. The number of para-hydroxylation sites is 1. The average molecular weight is 298 g/mol. The maximum Gasteiger partial charge on any atom is 0.0491 e. The van der Waals surface area contributed by atoms with E-state index in [1.54, 1.807) is 0 Å². The first-order chi connectivity index (χ1) is 10.3. The Morgan fingerprint density at radius 2 is 1.86 bits per heavy atom. The lowest BCUT2D eigenvalue weighted by molar-refractivity contribution is 0.733. The van der Waals surface area contributed by atoms with Crippen molar-refractivity contribution in [2.45, 2.75) is 20.0 Å². The van der Waals surface area contributed by atoms with Crippen LogP contribution in [-0.2, 0) is 13.1 Å². The molecule has 0 bridgehead atoms. The Balaban J connectivity index is 1.99. The van der Waals surface area contributed by atoms with Crippen molar-refractivity contribution in [3.05, 3.63) is 48.0 Å². The van der Waals surface area contributed by atoms with E-state index < -0.39 is 0 Å². The second kappa shape index (κ2) is 6.54. The van der Waals surface area contributed by atoms with Gasteiger partial charge >= 0.3 is 0 Å². The molecule has 3 heteroatoms. The number of thioether (sulfide) groups is 1. The predicted molar refractivity (Wildman–Crippen MR) is 95.2 cm³/mol. The zero-order chi connectivity index (χ0) is 14.7. The van der Waals surface area contributed by atoms with Gasteiger partial charge < -0.3 is 9.88 Å². The Morgan fingerprint density at radius 3 is 2.67 bits per heavy atom. The molecule has 0 atom stereocenters. The van der Waals surface area contributed by atoms with Gasteiger partial charge in [-0.15, -0.1) is 0 Å². The summed E-state index contributed by atoms with van der Waals surface area (Å²) in [5, 5.41) is 6.24. The van der Waals surface area contributed by atoms with Gasteiger partial charge in [-0.1, -0.05) is 24.3 Å². The molecule has 1 heterocycles. The van der Waals surface area contributed by atoms with Crippen LogP contribution in [0.4, 0.5) is 0 Å². The highest BCUT2D eigenvalue weighted by molar-refractivity contribution is 7.98. The SMILES string of the molecule is CCn1c2ccccc2c2cc(CNCCSC)ccc21. The molecule has 0 spiro atoms. The molecule has 3 aromatic rings. The fourth-order valence-electron chi connectivity index (χ4n) is 2.96. The van der Waals surface area contributed by atoms with E-state index in [0.29, 0.717) is 0 Å². The number of rotatable bonds is 6. The van der Waals surface area contributed by atoms with Crippen LogP contribution in [0.5, 0.6) is 0 Å². The molecule has 3 rings (SSSR count). The second-order valence-corrected chi connectivity index (χ2v) is 6.27. The quantitative estimate of drug-likeness (QED) is 0.685. The van der Waals surface area contributed by atoms with Gasteiger partial charge in [-0.25, -0.2) is 0 Å². The second-order valence-electron chi connectivity index (χ2n) is 5.28. The number of hydrogen-bond donors (Lipinski definition) is 1. The molecule has 0 aliphatic carbocycles. The number of hydrogen-bond acceptors (Lipinski definition) is 2. The molecule has 0 unspecified atom stereocenters. The molecule has 1 aromatic heterocycles. The van der Waals surface area contributed by atoms with Crippen LogP contribution in [0.2, 0.25) is 0 Å². The van der Waals surface area contributed by atoms with E-state index >= 15 is 0 Å². The van der Waals surface area contributed by atoms with Gasteiger partial charge in [-0.3, -0.25) is 0 Å². The van der Waals surface area contributed by atoms with Crippen LogP contribution in [0.1, 0.15) is 12.5 Å². The fourth-order valence-corrected chi connectivity index (χ4v) is 3.31. The van der Waals surface area contributed by atoms with Crippen LogP contribution in [0.15, 0.2) is 42.5 Å². The lowest BCUT2D eigenvalue weighted by Gasteiger charge is -2.06. The first-order valence-corrected chi connectivity index (χ1v) is 8.94. The van der Waals surface area contributed by atoms with Crippen molar-refractivity contribution in [1.29, 1.82) is 0 Å². The Bertz CT molecular complexity index is 745. The summed E-state index contributed by atoms with van der Waals surface area (Å²) in [5.74, 6) is 1.16. The monoisotopic (exact) mass is 298 g/mol. The summed E-state index contributed by atoms with van der Waals surface area (Å²) in [6.07, 6.45) is 2.15. The molecule has 0 amide bonds. The molecule has 0 radical (unpaired) electrons. The topological polar surface area (TPSA) is 17.0 Å². The molecule has 1 N–H and O–H groups in total. The Morgan fingerprint density at radius 1 is 1.05 bits per heavy atom. The number of nitrogens with zero attached hydrogens (tertiary/aromatic N) is 1. The summed E-state index contributed by atoms with van der Waals surface area (Å²) in [6.45, 7) is 5.23. The maximum absolute atomic E-state index is 3.51. The first-order valence-electron chi connectivity index (χ1n) is 7.54. The van der Waals surface area contributed by atoms with Crippen LogP contribution in [0.25, 0.3) is 21.8 Å². The average Bonchev–Trinajstić information content (AvgIpc) is 2.85. The Kier molecular flexibility index (Phi) is 4.51. The van der Waals surface area contributed by atoms with Gasteiger partial charge in [0.25, 0.3) is 0 Å². The zero-order valence-electron chi connectivity index (χ0n) is 12.7. The summed E-state index contributed by atoms with van der Waals surface area (Å²) in [7, 11) is 0. The van der Waals surface area contributed by atoms with Crippen LogP contribution < -0.4 is 5.32 Å². The van der Waals surface area contributed by atoms with Gasteiger partial charge in [-0.2, -0.15) is 11.8 Å². The minimum absolute atomic E-state index is 0.947. The number of nitrogens with one attached hydrogen (secondary N) is 1. The molecule has 21 heavy (non-hydrogen) atoms. The smallest absolute Gasteiger partial charge is 0.0491 e. The van der Waals surface area contributed by atoms with Crippen molar-refractivity contribution < 1.29 is 0 Å². The largest absolute Gasteiger partial charge is 0.341 e. The van der Waals surface area contributed by atoms with Crippen molar-refractivity contribution in [3.8, 4) is 0 Å². The van der Waals surface area contributed by atoms with Crippen LogP contribution in [0, 0.1) is 0 Å². The van der Waals surface area contributed by atoms with Gasteiger partial charge in [-0.05, 0) is 36.9 Å². The van der Waals surface area contributed by atoms with Crippen LogP contribution in [0.3, 0.4) is 0 Å². The third-order valence-corrected chi connectivity index (χ3v) is 4.58. The third kappa shape index (κ3) is 2.81. The van der Waals surface area contributed by atoms with Crippen molar-refractivity contribution in [3.63, 3.8) is 0 Å². The molecular formula is C18H22N2S. The molecule has 0 fully saturated rings. The zero-order valence-corrected chi connectivity index (χ0v) is 13.5. The highest BCUT2D eigenvalue weighted by Gasteiger charge is 2.09. The van der Waals surface area contributed by atoms with Crippen molar-refractivity contribution in [2.75, 3.05) is 18.6 Å². The van der Waals surface area contributed by atoms with E-state index in [1.807, 2.05) is 11.8 Å². The van der Waals surface area contributed by atoms with Crippen molar-refractivity contribution in [1.82, 2.24) is 9.88 Å². The van der Waals surface area contributed by atoms with Crippen molar-refractivity contribution >= 4 is 33.6 Å². The van der Waals surface area contributed by atoms with Gasteiger partial charge in [0.1, 0.15) is 0 Å². The molecule has 0 aliphatic rings. The number of fused-ring (bicyclic) bond motifs is 3. The summed E-state index contributed by atoms with van der Waals surface area (Å²) in [4.78, 5) is 0. The minimum atomic E-state index is 0.947. The van der Waals surface area contributed by atoms with Crippen LogP contribution in [-0.4, -0.2) is 23.1 Å². The molecule has 0 saturated carbocycles. The van der Waals surface area contributed by atoms with E-state index in [0.717, 1.165) is 25.4 Å². The highest BCUT2D eigenvalue weighted by atomic mass is 32.2. The maximum atomic E-state index is 3.51. The minimum Gasteiger partial charge on any atom is -0.341 e. The highest BCUT2D eigenvalue weighted by Crippen LogP contribution is 2.29. The summed E-state index contributed by atoms with van der Waals surface area (Å²) in [5.41, 5.74) is 4.04. The Labute approximate surface area is 130 Å². The van der Waals surface area contributed by atoms with Crippen LogP contribution >= 0.6 is 11.8 Å². The number of benzene rings is 2. The van der Waals surface area contributed by atoms with E-state index in [9.17, 15) is 0 Å². The number of aryl methyl sites for hydroxylation is 1. The summed E-state index contributed by atoms with van der Waals surface area (Å²) >= 11 is 1.88. The lowest BCUT2D eigenvalue weighted by atomic mass is 10.1. The third-order valence-electron chi connectivity index (χ3n) is 3.97. The van der Waals surface area contributed by atoms with E-state index in [-0.39, 0.29) is 0 Å². The van der Waals surface area contributed by atoms with E-state index in [2.05, 4.69) is 65.5 Å². The first kappa shape index (κ1) is 14.5. The van der Waals surface area contributed by atoms with Gasteiger partial charge in [0.05, 0.1) is 0 Å². The van der Waals surface area contributed by atoms with Gasteiger partial charge in [0, 0.05) is 47.2 Å². The van der Waals surface area contributed by atoms with E-state index in [4.69, 9.17) is 0 Å². The standard InChI is InChI=1S/C18H22N2S/c1-3-20-17-7-5-4-6-15(17)16-12-14(8-9-18(16)20)13-19-10-11-21-2/h4-9,12,19H,3,10-11,13H2,1-2H3. The molecule has 0 aliphatic heterocycles. The molecule has 2 nitrogen and oxygen atoms in total. The number of aromatic nitrogens is 1. The molecule has 2 aromatic carbocycles. The molecule has 110 valence electrons. The van der Waals surface area contributed by atoms with Gasteiger partial charge in [0.15, 0.2) is 0 Å². The fraction of sp³-hybridized carbons (Fsp3) is 0.333. The normalized spacial score (nSPS) is 11.5. The summed E-state index contributed by atoms with van der Waals surface area (Å²) < 4.78 is 2.40.